The van der Waals surface area contributed by atoms with Gasteiger partial charge in [0.25, 0.3) is 0 Å². The van der Waals surface area contributed by atoms with E-state index in [0.29, 0.717) is 0 Å². The Labute approximate surface area is 123 Å². The van der Waals surface area contributed by atoms with Crippen LogP contribution < -0.4 is 5.32 Å². The first-order valence-corrected chi connectivity index (χ1v) is 7.65. The predicted molar refractivity (Wildman–Crippen MR) is 81.1 cm³/mol. The highest BCUT2D eigenvalue weighted by atomic mass is 79.9. The van der Waals surface area contributed by atoms with Crippen LogP contribution in [0.1, 0.15) is 18.4 Å². The Morgan fingerprint density at radius 3 is 3.00 bits per heavy atom. The average Bonchev–Trinajstić information content (AvgIpc) is 2.34. The van der Waals surface area contributed by atoms with E-state index < -0.39 is 0 Å². The number of hydrogen-bond donors (Lipinski definition) is 1. The van der Waals surface area contributed by atoms with Gasteiger partial charge in [-0.1, -0.05) is 33.6 Å². The van der Waals surface area contributed by atoms with Gasteiger partial charge in [0.1, 0.15) is 0 Å². The summed E-state index contributed by atoms with van der Waals surface area (Å²) in [6, 6.07) is 6.02. The van der Waals surface area contributed by atoms with Gasteiger partial charge in [0.05, 0.1) is 0 Å². The molecule has 1 N–H and O–H groups in total. The van der Waals surface area contributed by atoms with Crippen molar-refractivity contribution in [3.8, 4) is 0 Å². The Morgan fingerprint density at radius 2 is 2.33 bits per heavy atom. The van der Waals surface area contributed by atoms with Gasteiger partial charge in [0.15, 0.2) is 0 Å². The molecule has 0 aromatic heterocycles. The van der Waals surface area contributed by atoms with Crippen LogP contribution in [0.5, 0.6) is 0 Å². The molecule has 0 saturated carbocycles. The molecular formula is C14H20BrClN2. The molecule has 2 nitrogen and oxygen atoms in total. The minimum Gasteiger partial charge on any atom is -0.316 e. The molecule has 1 saturated heterocycles. The summed E-state index contributed by atoms with van der Waals surface area (Å²) in [6.07, 6.45) is 2.66. The maximum atomic E-state index is 5.96. The lowest BCUT2D eigenvalue weighted by Gasteiger charge is -2.27. The topological polar surface area (TPSA) is 15.3 Å². The molecule has 1 fully saturated rings. The summed E-state index contributed by atoms with van der Waals surface area (Å²) in [4.78, 5) is 2.39. The van der Waals surface area contributed by atoms with Crippen LogP contribution >= 0.6 is 27.5 Å². The van der Waals surface area contributed by atoms with Crippen molar-refractivity contribution in [1.82, 2.24) is 10.2 Å². The third-order valence-electron chi connectivity index (χ3n) is 3.42. The zero-order valence-corrected chi connectivity index (χ0v) is 13.1. The summed E-state index contributed by atoms with van der Waals surface area (Å²) in [5, 5.41) is 4.25. The second kappa shape index (κ2) is 6.90. The predicted octanol–water partition coefficient (Wildman–Crippen LogP) is 3.53. The van der Waals surface area contributed by atoms with Crippen molar-refractivity contribution < 1.29 is 0 Å². The summed E-state index contributed by atoms with van der Waals surface area (Å²) < 4.78 is 1.10. The second-order valence-electron chi connectivity index (χ2n) is 5.14. The van der Waals surface area contributed by atoms with Crippen molar-refractivity contribution in [1.29, 1.82) is 0 Å². The lowest BCUT2D eigenvalue weighted by atomic mass is 9.99. The quantitative estimate of drug-likeness (QED) is 0.908. The van der Waals surface area contributed by atoms with Gasteiger partial charge in [0.2, 0.25) is 0 Å². The molecular weight excluding hydrogens is 312 g/mol. The Hall–Kier alpha value is -0.0900. The van der Waals surface area contributed by atoms with Gasteiger partial charge in [-0.3, -0.25) is 0 Å². The standard InChI is InChI=1S/C14H20BrClN2/c1-18(9-11-3-2-6-17-8-11)10-12-4-5-13(16)7-14(12)15/h4-5,7,11,17H,2-3,6,8-10H2,1H3. The molecule has 0 radical (unpaired) electrons. The Bertz CT molecular complexity index is 391. The van der Waals surface area contributed by atoms with Crippen molar-refractivity contribution in [3.05, 3.63) is 33.3 Å². The van der Waals surface area contributed by atoms with E-state index in [4.69, 9.17) is 11.6 Å². The minimum absolute atomic E-state index is 0.782. The molecule has 0 spiro atoms. The fourth-order valence-corrected chi connectivity index (χ4v) is 3.33. The highest BCUT2D eigenvalue weighted by molar-refractivity contribution is 9.10. The Balaban J connectivity index is 1.87. The zero-order valence-electron chi connectivity index (χ0n) is 10.8. The molecule has 1 heterocycles. The van der Waals surface area contributed by atoms with E-state index in [9.17, 15) is 0 Å². The van der Waals surface area contributed by atoms with Crippen LogP contribution in [0.3, 0.4) is 0 Å². The highest BCUT2D eigenvalue weighted by Crippen LogP contribution is 2.23. The summed E-state index contributed by atoms with van der Waals surface area (Å²) in [5.41, 5.74) is 1.30. The van der Waals surface area contributed by atoms with Crippen molar-refractivity contribution in [2.75, 3.05) is 26.7 Å². The second-order valence-corrected chi connectivity index (χ2v) is 6.44. The maximum Gasteiger partial charge on any atom is 0.0417 e. The molecule has 1 aliphatic heterocycles. The van der Waals surface area contributed by atoms with E-state index in [1.807, 2.05) is 12.1 Å². The number of rotatable bonds is 4. The van der Waals surface area contributed by atoms with Crippen molar-refractivity contribution >= 4 is 27.5 Å². The highest BCUT2D eigenvalue weighted by Gasteiger charge is 2.15. The van der Waals surface area contributed by atoms with Crippen LogP contribution in [0.2, 0.25) is 5.02 Å². The largest absolute Gasteiger partial charge is 0.316 e. The third-order valence-corrected chi connectivity index (χ3v) is 4.40. The molecule has 18 heavy (non-hydrogen) atoms. The van der Waals surface area contributed by atoms with E-state index in [2.05, 4.69) is 39.3 Å². The average molecular weight is 332 g/mol. The molecule has 1 aliphatic rings. The first-order chi connectivity index (χ1) is 8.65. The summed E-state index contributed by atoms with van der Waals surface area (Å²) in [7, 11) is 2.19. The zero-order chi connectivity index (χ0) is 13.0. The van der Waals surface area contributed by atoms with Crippen LogP contribution in [0.15, 0.2) is 22.7 Å². The minimum atomic E-state index is 0.782. The number of piperidine rings is 1. The number of hydrogen-bond acceptors (Lipinski definition) is 2. The molecule has 4 heteroatoms. The lowest BCUT2D eigenvalue weighted by molar-refractivity contribution is 0.237. The summed E-state index contributed by atoms with van der Waals surface area (Å²) in [5.74, 6) is 0.787. The molecule has 1 aromatic carbocycles. The van der Waals surface area contributed by atoms with Gasteiger partial charge in [-0.25, -0.2) is 0 Å². The van der Waals surface area contributed by atoms with Crippen LogP contribution in [0, 0.1) is 5.92 Å². The van der Waals surface area contributed by atoms with Crippen molar-refractivity contribution in [3.63, 3.8) is 0 Å². The SMILES string of the molecule is CN(Cc1ccc(Cl)cc1Br)CC1CCCNC1. The molecule has 1 aromatic rings. The first-order valence-electron chi connectivity index (χ1n) is 6.48. The van der Waals surface area contributed by atoms with E-state index in [1.54, 1.807) is 0 Å². The van der Waals surface area contributed by atoms with Crippen LogP contribution in [0.4, 0.5) is 0 Å². The van der Waals surface area contributed by atoms with Crippen LogP contribution in [0.25, 0.3) is 0 Å². The monoisotopic (exact) mass is 330 g/mol. The maximum absolute atomic E-state index is 5.96. The number of nitrogens with zero attached hydrogens (tertiary/aromatic N) is 1. The fraction of sp³-hybridized carbons (Fsp3) is 0.571. The first kappa shape index (κ1) is 14.3. The molecule has 0 bridgehead atoms. The van der Waals surface area contributed by atoms with Gasteiger partial charge in [0, 0.05) is 22.6 Å². The Morgan fingerprint density at radius 1 is 1.50 bits per heavy atom. The lowest BCUT2D eigenvalue weighted by Crippen LogP contribution is -2.36. The van der Waals surface area contributed by atoms with E-state index in [1.165, 1.54) is 24.9 Å². The normalized spacial score (nSPS) is 20.3. The smallest absolute Gasteiger partial charge is 0.0417 e. The van der Waals surface area contributed by atoms with E-state index in [-0.39, 0.29) is 0 Å². The van der Waals surface area contributed by atoms with E-state index >= 15 is 0 Å². The molecule has 100 valence electrons. The molecule has 1 atom stereocenters. The van der Waals surface area contributed by atoms with Crippen LogP contribution in [-0.2, 0) is 6.54 Å². The van der Waals surface area contributed by atoms with Crippen molar-refractivity contribution in [2.24, 2.45) is 5.92 Å². The molecule has 2 rings (SSSR count). The number of benzene rings is 1. The summed E-state index contributed by atoms with van der Waals surface area (Å²) in [6.45, 7) is 4.46. The van der Waals surface area contributed by atoms with Gasteiger partial charge < -0.3 is 10.2 Å². The van der Waals surface area contributed by atoms with Crippen LogP contribution in [-0.4, -0.2) is 31.6 Å². The fourth-order valence-electron chi connectivity index (χ4n) is 2.53. The van der Waals surface area contributed by atoms with E-state index in [0.717, 1.165) is 35.0 Å². The van der Waals surface area contributed by atoms with Crippen molar-refractivity contribution in [2.45, 2.75) is 19.4 Å². The molecule has 0 amide bonds. The Kier molecular flexibility index (Phi) is 5.49. The summed E-state index contributed by atoms with van der Waals surface area (Å²) >= 11 is 9.53. The number of halogens is 2. The third kappa shape index (κ3) is 4.23. The van der Waals surface area contributed by atoms with Gasteiger partial charge in [-0.15, -0.1) is 0 Å². The molecule has 0 aliphatic carbocycles. The van der Waals surface area contributed by atoms with Gasteiger partial charge in [-0.05, 0) is 56.6 Å². The number of nitrogens with one attached hydrogen (secondary N) is 1. The van der Waals surface area contributed by atoms with Gasteiger partial charge >= 0.3 is 0 Å². The molecule has 1 unspecified atom stereocenters. The van der Waals surface area contributed by atoms with Gasteiger partial charge in [-0.2, -0.15) is 0 Å².